The SMILES string of the molecule is O=C(O)[C@H]1CCC[C@H]1C(=O)Nc1cc(Cl)ncn1. The first-order chi connectivity index (χ1) is 8.58. The molecule has 18 heavy (non-hydrogen) atoms. The molecule has 7 heteroatoms. The van der Waals surface area contributed by atoms with Gasteiger partial charge in [-0.15, -0.1) is 0 Å². The van der Waals surface area contributed by atoms with Gasteiger partial charge < -0.3 is 10.4 Å². The Balaban J connectivity index is 2.06. The molecule has 0 aromatic carbocycles. The average Bonchev–Trinajstić information content (AvgIpc) is 2.77. The molecule has 6 nitrogen and oxygen atoms in total. The Hall–Kier alpha value is -1.69. The summed E-state index contributed by atoms with van der Waals surface area (Å²) in [4.78, 5) is 30.5. The summed E-state index contributed by atoms with van der Waals surface area (Å²) in [5.41, 5.74) is 0. The fourth-order valence-corrected chi connectivity index (χ4v) is 2.34. The number of halogens is 1. The molecule has 0 saturated heterocycles. The van der Waals surface area contributed by atoms with Crippen molar-refractivity contribution < 1.29 is 14.7 Å². The van der Waals surface area contributed by atoms with Gasteiger partial charge in [-0.3, -0.25) is 9.59 Å². The molecule has 1 fully saturated rings. The van der Waals surface area contributed by atoms with Crippen molar-refractivity contribution in [2.24, 2.45) is 11.8 Å². The van der Waals surface area contributed by atoms with E-state index in [0.717, 1.165) is 6.42 Å². The van der Waals surface area contributed by atoms with Crippen molar-refractivity contribution in [2.45, 2.75) is 19.3 Å². The number of nitrogens with zero attached hydrogens (tertiary/aromatic N) is 2. The molecule has 0 bridgehead atoms. The van der Waals surface area contributed by atoms with Crippen molar-refractivity contribution in [3.05, 3.63) is 17.5 Å². The quantitative estimate of drug-likeness (QED) is 0.813. The van der Waals surface area contributed by atoms with Crippen LogP contribution in [0, 0.1) is 11.8 Å². The van der Waals surface area contributed by atoms with Crippen LogP contribution in [0.25, 0.3) is 0 Å². The molecule has 1 aliphatic rings. The Morgan fingerprint density at radius 3 is 2.72 bits per heavy atom. The standard InChI is InChI=1S/C11H12ClN3O3/c12-8-4-9(14-5-13-8)15-10(16)6-2-1-3-7(6)11(17)18/h4-7H,1-3H2,(H,17,18)(H,13,14,15,16)/t6-,7+/m1/s1. The van der Waals surface area contributed by atoms with Crippen molar-refractivity contribution in [2.75, 3.05) is 5.32 Å². The summed E-state index contributed by atoms with van der Waals surface area (Å²) < 4.78 is 0. The maximum atomic E-state index is 12.0. The molecular formula is C11H12ClN3O3. The molecule has 1 amide bonds. The highest BCUT2D eigenvalue weighted by atomic mass is 35.5. The van der Waals surface area contributed by atoms with E-state index in [9.17, 15) is 9.59 Å². The van der Waals surface area contributed by atoms with E-state index < -0.39 is 17.8 Å². The number of aliphatic carboxylic acids is 1. The Morgan fingerprint density at radius 1 is 1.33 bits per heavy atom. The highest BCUT2D eigenvalue weighted by Crippen LogP contribution is 2.32. The van der Waals surface area contributed by atoms with Crippen LogP contribution < -0.4 is 5.32 Å². The van der Waals surface area contributed by atoms with Crippen LogP contribution in [-0.2, 0) is 9.59 Å². The van der Waals surface area contributed by atoms with Crippen LogP contribution in [0.5, 0.6) is 0 Å². The molecule has 2 atom stereocenters. The Kier molecular flexibility index (Phi) is 3.76. The van der Waals surface area contributed by atoms with Crippen molar-refractivity contribution in [3.63, 3.8) is 0 Å². The second kappa shape index (κ2) is 5.30. The van der Waals surface area contributed by atoms with E-state index in [1.165, 1.54) is 12.4 Å². The number of rotatable bonds is 3. The van der Waals surface area contributed by atoms with E-state index in [-0.39, 0.29) is 16.9 Å². The Labute approximate surface area is 108 Å². The summed E-state index contributed by atoms with van der Waals surface area (Å²) in [6.45, 7) is 0. The molecule has 0 unspecified atom stereocenters. The fraction of sp³-hybridized carbons (Fsp3) is 0.455. The lowest BCUT2D eigenvalue weighted by atomic mass is 9.95. The number of nitrogens with one attached hydrogen (secondary N) is 1. The monoisotopic (exact) mass is 269 g/mol. The van der Waals surface area contributed by atoms with Crippen LogP contribution in [-0.4, -0.2) is 27.0 Å². The number of carboxylic acids is 1. The third-order valence-electron chi connectivity index (χ3n) is 3.05. The molecule has 2 N–H and O–H groups in total. The van der Waals surface area contributed by atoms with Crippen LogP contribution in [0.3, 0.4) is 0 Å². The van der Waals surface area contributed by atoms with E-state index in [4.69, 9.17) is 16.7 Å². The van der Waals surface area contributed by atoms with Crippen molar-refractivity contribution in [1.82, 2.24) is 9.97 Å². The summed E-state index contributed by atoms with van der Waals surface area (Å²) in [6.07, 6.45) is 3.11. The third-order valence-corrected chi connectivity index (χ3v) is 3.26. The number of carbonyl (C=O) groups is 2. The predicted molar refractivity (Wildman–Crippen MR) is 64.1 cm³/mol. The summed E-state index contributed by atoms with van der Waals surface area (Å²) in [7, 11) is 0. The van der Waals surface area contributed by atoms with Gasteiger partial charge in [0, 0.05) is 6.07 Å². The lowest BCUT2D eigenvalue weighted by Gasteiger charge is -2.14. The predicted octanol–water partition coefficient (Wildman–Crippen LogP) is 1.57. The van der Waals surface area contributed by atoms with Gasteiger partial charge >= 0.3 is 5.97 Å². The molecule has 0 radical (unpaired) electrons. The van der Waals surface area contributed by atoms with Crippen LogP contribution >= 0.6 is 11.6 Å². The maximum absolute atomic E-state index is 12.0. The molecule has 96 valence electrons. The molecule has 1 aliphatic carbocycles. The normalized spacial score (nSPS) is 22.7. The highest BCUT2D eigenvalue weighted by Gasteiger charge is 2.37. The maximum Gasteiger partial charge on any atom is 0.307 e. The van der Waals surface area contributed by atoms with Gasteiger partial charge in [0.2, 0.25) is 5.91 Å². The molecule has 1 aromatic heterocycles. The minimum atomic E-state index is -0.923. The van der Waals surface area contributed by atoms with Gasteiger partial charge in [0.15, 0.2) is 0 Å². The minimum absolute atomic E-state index is 0.224. The highest BCUT2D eigenvalue weighted by molar-refractivity contribution is 6.29. The second-order valence-electron chi connectivity index (χ2n) is 4.20. The molecule has 1 aromatic rings. The molecule has 0 aliphatic heterocycles. The first kappa shape index (κ1) is 12.8. The second-order valence-corrected chi connectivity index (χ2v) is 4.58. The average molecular weight is 270 g/mol. The van der Waals surface area contributed by atoms with E-state index in [1.807, 2.05) is 0 Å². The van der Waals surface area contributed by atoms with Crippen LogP contribution in [0.4, 0.5) is 5.82 Å². The number of hydrogen-bond acceptors (Lipinski definition) is 4. The number of carbonyl (C=O) groups excluding carboxylic acids is 1. The lowest BCUT2D eigenvalue weighted by molar-refractivity contribution is -0.145. The van der Waals surface area contributed by atoms with Crippen LogP contribution in [0.15, 0.2) is 12.4 Å². The number of carboxylic acid groups (broad SMARTS) is 1. The number of hydrogen-bond donors (Lipinski definition) is 2. The minimum Gasteiger partial charge on any atom is -0.481 e. The van der Waals surface area contributed by atoms with Crippen molar-refractivity contribution >= 4 is 29.3 Å². The third kappa shape index (κ3) is 2.76. The van der Waals surface area contributed by atoms with E-state index in [1.54, 1.807) is 0 Å². The summed E-state index contributed by atoms with van der Waals surface area (Å²) in [5.74, 6) is -2.07. The van der Waals surface area contributed by atoms with Gasteiger partial charge in [-0.2, -0.15) is 0 Å². The Morgan fingerprint density at radius 2 is 2.06 bits per heavy atom. The van der Waals surface area contributed by atoms with Crippen molar-refractivity contribution in [3.8, 4) is 0 Å². The van der Waals surface area contributed by atoms with Crippen molar-refractivity contribution in [1.29, 1.82) is 0 Å². The zero-order valence-corrected chi connectivity index (χ0v) is 10.2. The number of amides is 1. The first-order valence-corrected chi connectivity index (χ1v) is 5.97. The lowest BCUT2D eigenvalue weighted by Crippen LogP contribution is -2.30. The molecular weight excluding hydrogens is 258 g/mol. The van der Waals surface area contributed by atoms with Gasteiger partial charge in [-0.25, -0.2) is 9.97 Å². The largest absolute Gasteiger partial charge is 0.481 e. The topological polar surface area (TPSA) is 92.2 Å². The van der Waals surface area contributed by atoms with E-state index in [0.29, 0.717) is 12.8 Å². The van der Waals surface area contributed by atoms with Gasteiger partial charge in [0.25, 0.3) is 0 Å². The number of anilines is 1. The summed E-state index contributed by atoms with van der Waals surface area (Å²) in [6, 6.07) is 1.42. The van der Waals surface area contributed by atoms with Gasteiger partial charge in [0.1, 0.15) is 17.3 Å². The van der Waals surface area contributed by atoms with E-state index >= 15 is 0 Å². The molecule has 2 rings (SSSR count). The van der Waals surface area contributed by atoms with E-state index in [2.05, 4.69) is 15.3 Å². The Bertz CT molecular complexity index is 480. The zero-order chi connectivity index (χ0) is 13.1. The van der Waals surface area contributed by atoms with Crippen LogP contribution in [0.1, 0.15) is 19.3 Å². The summed E-state index contributed by atoms with van der Waals surface area (Å²) in [5, 5.41) is 11.8. The fourth-order valence-electron chi connectivity index (χ4n) is 2.19. The van der Waals surface area contributed by atoms with Gasteiger partial charge in [-0.05, 0) is 12.8 Å². The van der Waals surface area contributed by atoms with Gasteiger partial charge in [-0.1, -0.05) is 18.0 Å². The molecule has 1 heterocycles. The summed E-state index contributed by atoms with van der Waals surface area (Å²) >= 11 is 5.67. The number of aromatic nitrogens is 2. The molecule has 0 spiro atoms. The zero-order valence-electron chi connectivity index (χ0n) is 9.47. The molecule has 1 saturated carbocycles. The first-order valence-electron chi connectivity index (χ1n) is 5.59. The smallest absolute Gasteiger partial charge is 0.307 e. The van der Waals surface area contributed by atoms with Gasteiger partial charge in [0.05, 0.1) is 11.8 Å². The van der Waals surface area contributed by atoms with Crippen LogP contribution in [0.2, 0.25) is 5.15 Å².